The lowest BCUT2D eigenvalue weighted by Gasteiger charge is -2.13. The van der Waals surface area contributed by atoms with Gasteiger partial charge in [0.1, 0.15) is 12.6 Å². The van der Waals surface area contributed by atoms with E-state index in [9.17, 15) is 9.59 Å². The van der Waals surface area contributed by atoms with Gasteiger partial charge in [-0.2, -0.15) is 0 Å². The van der Waals surface area contributed by atoms with Crippen molar-refractivity contribution >= 4 is 18.5 Å². The molecule has 1 aliphatic rings. The molecule has 0 radical (unpaired) electrons. The summed E-state index contributed by atoms with van der Waals surface area (Å²) in [5.74, 6) is -0.833. The molecule has 2 N–H and O–H groups in total. The summed E-state index contributed by atoms with van der Waals surface area (Å²) in [6.45, 7) is 10.4. The number of carboxylic acids is 1. The van der Waals surface area contributed by atoms with Crippen LogP contribution < -0.4 is 0 Å². The van der Waals surface area contributed by atoms with E-state index in [1.54, 1.807) is 66.6 Å². The molecule has 0 saturated carbocycles. The highest BCUT2D eigenvalue weighted by atomic mass is 16.7. The van der Waals surface area contributed by atoms with Crippen LogP contribution in [0.2, 0.25) is 0 Å². The molecule has 0 amide bonds. The second-order valence-electron chi connectivity index (χ2n) is 8.09. The molecule has 0 unspecified atom stereocenters. The Hall–Kier alpha value is -2.99. The highest BCUT2D eigenvalue weighted by molar-refractivity contribution is 5.73. The molecule has 0 aromatic carbocycles. The number of allylic oxidation sites excluding steroid dienone is 10. The van der Waals surface area contributed by atoms with Gasteiger partial charge in [0, 0.05) is 48.6 Å². The zero-order chi connectivity index (χ0) is 30.5. The van der Waals surface area contributed by atoms with Gasteiger partial charge >= 0.3 is 0 Å². The summed E-state index contributed by atoms with van der Waals surface area (Å²) in [4.78, 5) is 29.2. The molecular weight excluding hydrogens is 520 g/mol. The minimum Gasteiger partial charge on any atom is -0.870 e. The molecule has 0 atom stereocenters. The highest BCUT2D eigenvalue weighted by Crippen LogP contribution is 2.08. The average molecular weight is 570 g/mol. The van der Waals surface area contributed by atoms with Gasteiger partial charge in [0.2, 0.25) is 0 Å². The van der Waals surface area contributed by atoms with Crippen LogP contribution in [0.3, 0.4) is 0 Å². The van der Waals surface area contributed by atoms with Crippen LogP contribution in [0, 0.1) is 0 Å². The first-order valence-electron chi connectivity index (χ1n) is 12.4. The maximum absolute atomic E-state index is 10.1. The minimum atomic E-state index is -0.833. The zero-order valence-electron chi connectivity index (χ0n) is 25.4. The molecule has 0 aromatic rings. The van der Waals surface area contributed by atoms with Crippen LogP contribution in [0.25, 0.3) is 0 Å². The molecule has 40 heavy (non-hydrogen) atoms. The molecule has 10 nitrogen and oxygen atoms in total. The molecule has 230 valence electrons. The van der Waals surface area contributed by atoms with Crippen molar-refractivity contribution in [2.24, 2.45) is 0 Å². The number of carboxylic acid groups (broad SMARTS) is 1. The monoisotopic (exact) mass is 569 g/mol. The zero-order valence-corrected chi connectivity index (χ0v) is 25.4. The lowest BCUT2D eigenvalue weighted by molar-refractivity contribution is -0.134. The fraction of sp³-hybridized carbons (Fsp3) is 0.500. The van der Waals surface area contributed by atoms with Crippen molar-refractivity contribution in [2.45, 2.75) is 60.0 Å². The third kappa shape index (κ3) is 31.2. The van der Waals surface area contributed by atoms with Gasteiger partial charge in [0.25, 0.3) is 5.97 Å². The molecule has 0 aliphatic carbocycles. The van der Waals surface area contributed by atoms with Crippen LogP contribution in [-0.4, -0.2) is 83.4 Å². The van der Waals surface area contributed by atoms with Gasteiger partial charge in [0.05, 0.1) is 0 Å². The summed E-state index contributed by atoms with van der Waals surface area (Å²) in [5, 5.41) is 7.42. The molecule has 1 saturated heterocycles. The van der Waals surface area contributed by atoms with Crippen molar-refractivity contribution in [1.82, 2.24) is 0 Å². The van der Waals surface area contributed by atoms with E-state index in [1.807, 2.05) is 38.2 Å². The predicted octanol–water partition coefficient (Wildman–Crippen LogP) is 5.22. The van der Waals surface area contributed by atoms with Crippen molar-refractivity contribution < 1.29 is 48.7 Å². The summed E-state index contributed by atoms with van der Waals surface area (Å²) >= 11 is 0. The molecular formula is C30H49O10-. The van der Waals surface area contributed by atoms with Crippen LogP contribution in [-0.2, 0) is 38.1 Å². The molecule has 10 heteroatoms. The van der Waals surface area contributed by atoms with E-state index >= 15 is 0 Å². The standard InChI is InChI=1S/C14H24O4.C10H12O2.C4H8O.C2H4O2.H2O/c1-11(13(15-3)16-4)9-7-8-10-12(2)14(17-5)18-6;1-9(7-11)5-3-4-6-10(2)8-12;1-2-4-5-3-1;1-2(3)4;/h7-10,13-14H,1-6H3;3-8H,1-2H3;1-4H2;1H3,(H,3,4);1H2/p-1/b8-7+,11-9?,12-10?;4-3+,9-5+,10-6+;;;. The third-order valence-corrected chi connectivity index (χ3v) is 4.46. The molecule has 1 aliphatic heterocycles. The van der Waals surface area contributed by atoms with E-state index < -0.39 is 5.97 Å². The maximum atomic E-state index is 10.1. The second-order valence-corrected chi connectivity index (χ2v) is 8.09. The first kappa shape index (κ1) is 44.0. The van der Waals surface area contributed by atoms with Gasteiger partial charge < -0.3 is 34.3 Å². The van der Waals surface area contributed by atoms with Crippen LogP contribution >= 0.6 is 0 Å². The lowest BCUT2D eigenvalue weighted by Crippen LogP contribution is -2.14. The van der Waals surface area contributed by atoms with Crippen molar-refractivity contribution in [1.29, 1.82) is 0 Å². The van der Waals surface area contributed by atoms with Crippen LogP contribution in [0.5, 0.6) is 0 Å². The van der Waals surface area contributed by atoms with Crippen molar-refractivity contribution in [2.75, 3.05) is 41.7 Å². The first-order valence-corrected chi connectivity index (χ1v) is 12.4. The van der Waals surface area contributed by atoms with E-state index in [0.29, 0.717) is 11.1 Å². The van der Waals surface area contributed by atoms with Crippen molar-refractivity contribution in [3.63, 3.8) is 0 Å². The number of ether oxygens (including phenoxy) is 5. The van der Waals surface area contributed by atoms with E-state index in [2.05, 4.69) is 0 Å². The number of carbonyl (C=O) groups is 3. The Morgan fingerprint density at radius 1 is 0.650 bits per heavy atom. The summed E-state index contributed by atoms with van der Waals surface area (Å²) in [7, 11) is 6.45. The largest absolute Gasteiger partial charge is 0.870 e. The molecule has 0 bridgehead atoms. The summed E-state index contributed by atoms with van der Waals surface area (Å²) < 4.78 is 25.5. The molecule has 0 spiro atoms. The van der Waals surface area contributed by atoms with Gasteiger partial charge in [-0.1, -0.05) is 48.6 Å². The number of hydrogen-bond acceptors (Lipinski definition) is 9. The topological polar surface area (TPSA) is 148 Å². The average Bonchev–Trinajstić information content (AvgIpc) is 3.51. The normalized spacial score (nSPS) is 14.1. The van der Waals surface area contributed by atoms with Gasteiger partial charge in [-0.05, 0) is 62.8 Å². The number of methoxy groups -OCH3 is 4. The van der Waals surface area contributed by atoms with Gasteiger partial charge in [-0.15, -0.1) is 0 Å². The minimum absolute atomic E-state index is 0. The van der Waals surface area contributed by atoms with E-state index in [0.717, 1.165) is 43.9 Å². The van der Waals surface area contributed by atoms with Crippen LogP contribution in [0.1, 0.15) is 47.5 Å². The highest BCUT2D eigenvalue weighted by Gasteiger charge is 2.06. The number of rotatable bonds is 12. The van der Waals surface area contributed by atoms with Crippen molar-refractivity contribution in [3.8, 4) is 0 Å². The number of aliphatic carboxylic acids is 1. The Kier molecular flexibility index (Phi) is 35.5. The Morgan fingerprint density at radius 2 is 0.925 bits per heavy atom. The number of carbonyl (C=O) groups excluding carboxylic acids is 2. The van der Waals surface area contributed by atoms with Crippen LogP contribution in [0.15, 0.2) is 70.9 Å². The first-order chi connectivity index (χ1) is 18.5. The van der Waals surface area contributed by atoms with E-state index in [4.69, 9.17) is 33.6 Å². The SMILES string of the molecule is C1CCOC1.CC(=O)O.COC(OC)C(C)=C/C=C/C=C(C)C(OC)OC.C\C(C=O)=C/C=C/C=C(\C)C=O.[OH-]. The molecule has 1 heterocycles. The summed E-state index contributed by atoms with van der Waals surface area (Å²) in [6.07, 6.45) is 18.0. The molecule has 0 aromatic heterocycles. The Morgan fingerprint density at radius 3 is 1.12 bits per heavy atom. The quantitative estimate of drug-likeness (QED) is 0.144. The van der Waals surface area contributed by atoms with Crippen molar-refractivity contribution in [3.05, 3.63) is 70.9 Å². The van der Waals surface area contributed by atoms with E-state index in [-0.39, 0.29) is 18.1 Å². The maximum Gasteiger partial charge on any atom is 0.300 e. The Bertz CT molecular complexity index is 756. The molecule has 1 rings (SSSR count). The third-order valence-electron chi connectivity index (χ3n) is 4.46. The van der Waals surface area contributed by atoms with E-state index in [1.165, 1.54) is 12.8 Å². The smallest absolute Gasteiger partial charge is 0.300 e. The molecule has 1 fully saturated rings. The number of hydrogen-bond donors (Lipinski definition) is 1. The fourth-order valence-corrected chi connectivity index (χ4v) is 2.51. The Balaban J connectivity index is -0.000000251. The Labute approximate surface area is 240 Å². The van der Waals surface area contributed by atoms with Gasteiger partial charge in [-0.25, -0.2) is 0 Å². The summed E-state index contributed by atoms with van der Waals surface area (Å²) in [5.41, 5.74) is 3.31. The predicted molar refractivity (Wildman–Crippen MR) is 156 cm³/mol. The fourth-order valence-electron chi connectivity index (χ4n) is 2.51. The van der Waals surface area contributed by atoms with Crippen LogP contribution in [0.4, 0.5) is 0 Å². The lowest BCUT2D eigenvalue weighted by atomic mass is 10.2. The number of aldehydes is 2. The summed E-state index contributed by atoms with van der Waals surface area (Å²) in [6, 6.07) is 0. The second kappa shape index (κ2) is 32.2. The van der Waals surface area contributed by atoms with Gasteiger partial charge in [-0.3, -0.25) is 14.4 Å². The van der Waals surface area contributed by atoms with Gasteiger partial charge in [0.15, 0.2) is 12.6 Å².